The lowest BCUT2D eigenvalue weighted by Gasteiger charge is -2.27. The molecule has 182 valence electrons. The summed E-state index contributed by atoms with van der Waals surface area (Å²) < 4.78 is 17.0. The molecule has 0 saturated carbocycles. The molecule has 0 saturated heterocycles. The Morgan fingerprint density at radius 3 is 2.19 bits per heavy atom. The van der Waals surface area contributed by atoms with E-state index in [0.717, 1.165) is 22.3 Å². The zero-order valence-corrected chi connectivity index (χ0v) is 20.1. The summed E-state index contributed by atoms with van der Waals surface area (Å²) in [4.78, 5) is 13.4. The minimum absolute atomic E-state index is 0.0118. The van der Waals surface area contributed by atoms with Gasteiger partial charge in [-0.05, 0) is 34.9 Å². The van der Waals surface area contributed by atoms with Gasteiger partial charge in [0.25, 0.3) is 0 Å². The van der Waals surface area contributed by atoms with E-state index in [1.54, 1.807) is 25.3 Å². The molecule has 6 heteroatoms. The van der Waals surface area contributed by atoms with Gasteiger partial charge in [0.2, 0.25) is 5.88 Å². The maximum atomic E-state index is 13.4. The average Bonchev–Trinajstić information content (AvgIpc) is 2.93. The van der Waals surface area contributed by atoms with E-state index in [2.05, 4.69) is 6.07 Å². The Hall–Kier alpha value is -5.02. The molecule has 5 rings (SSSR count). The van der Waals surface area contributed by atoms with Crippen LogP contribution in [0.4, 0.5) is 0 Å². The molecule has 1 aliphatic heterocycles. The quantitative estimate of drug-likeness (QED) is 0.278. The zero-order valence-electron chi connectivity index (χ0n) is 20.1. The molecule has 0 spiro atoms. The number of rotatable bonds is 6. The van der Waals surface area contributed by atoms with Gasteiger partial charge in [0.15, 0.2) is 0 Å². The van der Waals surface area contributed by atoms with E-state index in [9.17, 15) is 10.1 Å². The molecule has 0 bridgehead atoms. The highest BCUT2D eigenvalue weighted by atomic mass is 16.5. The van der Waals surface area contributed by atoms with Gasteiger partial charge in [-0.15, -0.1) is 0 Å². The lowest BCUT2D eigenvalue weighted by atomic mass is 9.83. The Balaban J connectivity index is 1.49. The number of hydrogen-bond acceptors (Lipinski definition) is 6. The lowest BCUT2D eigenvalue weighted by molar-refractivity contribution is -0.135. The Morgan fingerprint density at radius 1 is 0.892 bits per heavy atom. The van der Waals surface area contributed by atoms with Gasteiger partial charge in [0.05, 0.1) is 13.0 Å². The first-order valence-electron chi connectivity index (χ1n) is 11.8. The third-order valence-electron chi connectivity index (χ3n) is 6.34. The molecule has 4 aromatic rings. The van der Waals surface area contributed by atoms with Crippen molar-refractivity contribution < 1.29 is 19.0 Å². The van der Waals surface area contributed by atoms with Crippen molar-refractivity contribution in [2.45, 2.75) is 11.8 Å². The van der Waals surface area contributed by atoms with Crippen LogP contribution in [-0.4, -0.2) is 13.1 Å². The first kappa shape index (κ1) is 23.7. The Bertz CT molecular complexity index is 1470. The topological polar surface area (TPSA) is 94.6 Å². The van der Waals surface area contributed by atoms with Gasteiger partial charge in [-0.2, -0.15) is 5.26 Å². The maximum absolute atomic E-state index is 13.4. The Kier molecular flexibility index (Phi) is 6.60. The third-order valence-corrected chi connectivity index (χ3v) is 6.34. The van der Waals surface area contributed by atoms with Crippen LogP contribution in [0.25, 0.3) is 0 Å². The molecule has 0 aromatic heterocycles. The van der Waals surface area contributed by atoms with Crippen LogP contribution < -0.4 is 19.9 Å². The second-order valence-electron chi connectivity index (χ2n) is 8.58. The average molecular weight is 489 g/mol. The van der Waals surface area contributed by atoms with Gasteiger partial charge in [0, 0.05) is 11.6 Å². The smallest absolute Gasteiger partial charge is 0.323 e. The molecule has 0 fully saturated rings. The van der Waals surface area contributed by atoms with E-state index < -0.39 is 17.8 Å². The van der Waals surface area contributed by atoms with Crippen LogP contribution in [0.1, 0.15) is 34.1 Å². The molecule has 2 N–H and O–H groups in total. The molecular formula is C31H24N2O4. The van der Waals surface area contributed by atoms with E-state index in [1.807, 2.05) is 84.9 Å². The maximum Gasteiger partial charge on any atom is 0.323 e. The fraction of sp³-hybridized carbons (Fsp3) is 0.0968. The number of methoxy groups -OCH3 is 1. The van der Waals surface area contributed by atoms with Gasteiger partial charge in [-0.25, -0.2) is 0 Å². The number of carbonyl (C=O) groups excluding carboxylic acids is 1. The van der Waals surface area contributed by atoms with Gasteiger partial charge < -0.3 is 19.9 Å². The standard InChI is InChI=1S/C31H24N2O4/c1-35-23-14-8-13-22(17-23)29-25-16-15-24(18-27(25)37-30(33)26(29)19-32)36-31(34)28(20-9-4-2-5-10-20)21-11-6-3-7-12-21/h2-18,28-29H,33H2,1H3. The number of allylic oxidation sites excluding steroid dienone is 1. The second-order valence-corrected chi connectivity index (χ2v) is 8.58. The summed E-state index contributed by atoms with van der Waals surface area (Å²) in [7, 11) is 1.59. The second kappa shape index (κ2) is 10.3. The Morgan fingerprint density at radius 2 is 1.57 bits per heavy atom. The molecule has 37 heavy (non-hydrogen) atoms. The number of nitrogens with zero attached hydrogens (tertiary/aromatic N) is 1. The summed E-state index contributed by atoms with van der Waals surface area (Å²) in [6.07, 6.45) is 0. The van der Waals surface area contributed by atoms with Crippen LogP contribution in [0.2, 0.25) is 0 Å². The molecule has 0 aliphatic carbocycles. The van der Waals surface area contributed by atoms with Crippen molar-refractivity contribution >= 4 is 5.97 Å². The number of nitrogens with two attached hydrogens (primary N) is 1. The van der Waals surface area contributed by atoms with Crippen molar-refractivity contribution in [2.24, 2.45) is 5.73 Å². The van der Waals surface area contributed by atoms with Crippen molar-refractivity contribution in [3.63, 3.8) is 0 Å². The Labute approximate surface area is 215 Å². The molecule has 1 unspecified atom stereocenters. The number of hydrogen-bond donors (Lipinski definition) is 1. The number of carbonyl (C=O) groups is 1. The summed E-state index contributed by atoms with van der Waals surface area (Å²) in [6, 6.07) is 33.8. The van der Waals surface area contributed by atoms with Crippen molar-refractivity contribution in [2.75, 3.05) is 7.11 Å². The number of nitriles is 1. The largest absolute Gasteiger partial charge is 0.497 e. The van der Waals surface area contributed by atoms with Crippen molar-refractivity contribution in [1.29, 1.82) is 5.26 Å². The zero-order chi connectivity index (χ0) is 25.8. The van der Waals surface area contributed by atoms with Gasteiger partial charge in [-0.1, -0.05) is 78.9 Å². The fourth-order valence-electron chi connectivity index (χ4n) is 4.59. The third kappa shape index (κ3) is 4.75. The van der Waals surface area contributed by atoms with Gasteiger partial charge >= 0.3 is 5.97 Å². The summed E-state index contributed by atoms with van der Waals surface area (Å²) in [5, 5.41) is 9.83. The molecule has 1 heterocycles. The molecule has 1 atom stereocenters. The van der Waals surface area contributed by atoms with E-state index in [1.165, 1.54) is 0 Å². The molecular weight excluding hydrogens is 464 g/mol. The number of fused-ring (bicyclic) bond motifs is 1. The first-order valence-corrected chi connectivity index (χ1v) is 11.8. The molecule has 1 aliphatic rings. The predicted molar refractivity (Wildman–Crippen MR) is 139 cm³/mol. The summed E-state index contributed by atoms with van der Waals surface area (Å²) in [5.74, 6) is -0.0471. The van der Waals surface area contributed by atoms with Gasteiger partial charge in [0.1, 0.15) is 34.8 Å². The first-order chi connectivity index (χ1) is 18.1. The molecule has 6 nitrogen and oxygen atoms in total. The summed E-state index contributed by atoms with van der Waals surface area (Å²) >= 11 is 0. The normalized spacial score (nSPS) is 14.4. The molecule has 0 amide bonds. The summed E-state index contributed by atoms with van der Waals surface area (Å²) in [6.45, 7) is 0. The fourth-order valence-corrected chi connectivity index (χ4v) is 4.59. The van der Waals surface area contributed by atoms with Crippen LogP contribution in [-0.2, 0) is 4.79 Å². The van der Waals surface area contributed by atoms with E-state index in [4.69, 9.17) is 19.9 Å². The lowest BCUT2D eigenvalue weighted by Crippen LogP contribution is -2.22. The highest BCUT2D eigenvalue weighted by Gasteiger charge is 2.32. The molecule has 0 radical (unpaired) electrons. The number of benzene rings is 4. The SMILES string of the molecule is COc1cccc(C2C(C#N)=C(N)Oc3cc(OC(=O)C(c4ccccc4)c4ccccc4)ccc32)c1. The van der Waals surface area contributed by atoms with E-state index in [0.29, 0.717) is 22.8 Å². The highest BCUT2D eigenvalue weighted by molar-refractivity contribution is 5.84. The van der Waals surface area contributed by atoms with Crippen molar-refractivity contribution in [3.05, 3.63) is 137 Å². The van der Waals surface area contributed by atoms with Crippen molar-refractivity contribution in [1.82, 2.24) is 0 Å². The summed E-state index contributed by atoms with van der Waals surface area (Å²) in [5.41, 5.74) is 9.69. The van der Waals surface area contributed by atoms with Crippen LogP contribution >= 0.6 is 0 Å². The van der Waals surface area contributed by atoms with Crippen LogP contribution in [0.5, 0.6) is 17.2 Å². The number of ether oxygens (including phenoxy) is 3. The van der Waals surface area contributed by atoms with Gasteiger partial charge in [-0.3, -0.25) is 4.79 Å². The minimum Gasteiger partial charge on any atom is -0.497 e. The van der Waals surface area contributed by atoms with Crippen molar-refractivity contribution in [3.8, 4) is 23.3 Å². The highest BCUT2D eigenvalue weighted by Crippen LogP contribution is 2.44. The van der Waals surface area contributed by atoms with E-state index in [-0.39, 0.29) is 5.88 Å². The molecule has 4 aromatic carbocycles. The van der Waals surface area contributed by atoms with Crippen LogP contribution in [0, 0.1) is 11.3 Å². The van der Waals surface area contributed by atoms with Crippen LogP contribution in [0.15, 0.2) is 115 Å². The minimum atomic E-state index is -0.598. The monoisotopic (exact) mass is 488 g/mol. The van der Waals surface area contributed by atoms with Crippen LogP contribution in [0.3, 0.4) is 0 Å². The number of esters is 1. The van der Waals surface area contributed by atoms with E-state index >= 15 is 0 Å². The predicted octanol–water partition coefficient (Wildman–Crippen LogP) is 5.65.